The van der Waals surface area contributed by atoms with Gasteiger partial charge in [0, 0.05) is 31.0 Å². The molecule has 1 spiro atoms. The van der Waals surface area contributed by atoms with Crippen molar-refractivity contribution in [1.29, 1.82) is 0 Å². The van der Waals surface area contributed by atoms with Gasteiger partial charge in [0.1, 0.15) is 0 Å². The summed E-state index contributed by atoms with van der Waals surface area (Å²) in [5.41, 5.74) is 3.57. The third kappa shape index (κ3) is 2.35. The molecule has 1 aromatic heterocycles. The molecule has 5 nitrogen and oxygen atoms in total. The number of hydrogen-bond acceptors (Lipinski definition) is 2. The lowest BCUT2D eigenvalue weighted by Crippen LogP contribution is -2.53. The molecule has 1 aromatic carbocycles. The van der Waals surface area contributed by atoms with Crippen LogP contribution in [0.1, 0.15) is 32.4 Å². The number of urea groups is 1. The summed E-state index contributed by atoms with van der Waals surface area (Å²) in [4.78, 5) is 14.2. The molecule has 2 amide bonds. The first-order valence-electron chi connectivity index (χ1n) is 8.70. The number of piperidine rings is 1. The van der Waals surface area contributed by atoms with Crippen molar-refractivity contribution < 1.29 is 4.79 Å². The van der Waals surface area contributed by atoms with Gasteiger partial charge in [-0.25, -0.2) is 4.79 Å². The summed E-state index contributed by atoms with van der Waals surface area (Å²) >= 11 is 0. The molecule has 2 aliphatic rings. The monoisotopic (exact) mass is 324 g/mol. The molecule has 0 radical (unpaired) electrons. The predicted molar refractivity (Wildman–Crippen MR) is 95.5 cm³/mol. The Hall–Kier alpha value is -2.43. The summed E-state index contributed by atoms with van der Waals surface area (Å²) in [6.07, 6.45) is 3.96. The maximum Gasteiger partial charge on any atom is 0.317 e. The van der Waals surface area contributed by atoms with E-state index in [1.165, 1.54) is 17.1 Å². The topological polar surface area (TPSA) is 49.3 Å². The average Bonchev–Trinajstić information content (AvgIpc) is 3.06. The molecule has 5 heteroatoms. The number of hydrogen-bond donors (Lipinski definition) is 2. The van der Waals surface area contributed by atoms with Gasteiger partial charge in [0.05, 0.1) is 16.9 Å². The zero-order chi connectivity index (χ0) is 16.7. The molecule has 0 aliphatic carbocycles. The molecular weight excluding hydrogens is 300 g/mol. The fourth-order valence-corrected chi connectivity index (χ4v) is 3.90. The standard InChI is InChI=1S/C19H24N4O/c1-14(2)20-18(24)22-12-9-19(10-13-22)17-8-5-11-23(17)16-7-4-3-6-15(16)21-19/h3-8,11,14,21H,9-10,12-13H2,1-2H3,(H,20,24). The Morgan fingerprint density at radius 3 is 2.67 bits per heavy atom. The number of anilines is 1. The normalized spacial score (nSPS) is 18.0. The lowest BCUT2D eigenvalue weighted by molar-refractivity contribution is 0.161. The van der Waals surface area contributed by atoms with Crippen LogP contribution in [-0.4, -0.2) is 34.6 Å². The summed E-state index contributed by atoms with van der Waals surface area (Å²) < 4.78 is 2.29. The number of likely N-dealkylation sites (tertiary alicyclic amines) is 1. The minimum atomic E-state index is -0.0908. The number of amides is 2. The van der Waals surface area contributed by atoms with Gasteiger partial charge in [0.2, 0.25) is 0 Å². The lowest BCUT2D eigenvalue weighted by Gasteiger charge is -2.46. The van der Waals surface area contributed by atoms with E-state index in [0.29, 0.717) is 0 Å². The molecule has 24 heavy (non-hydrogen) atoms. The summed E-state index contributed by atoms with van der Waals surface area (Å²) in [5, 5.41) is 6.77. The van der Waals surface area contributed by atoms with E-state index in [1.54, 1.807) is 0 Å². The van der Waals surface area contributed by atoms with E-state index >= 15 is 0 Å². The predicted octanol–water partition coefficient (Wildman–Crippen LogP) is 3.31. The van der Waals surface area contributed by atoms with Crippen molar-refractivity contribution in [1.82, 2.24) is 14.8 Å². The van der Waals surface area contributed by atoms with Crippen molar-refractivity contribution in [3.05, 3.63) is 48.3 Å². The zero-order valence-corrected chi connectivity index (χ0v) is 14.2. The van der Waals surface area contributed by atoms with Crippen LogP contribution < -0.4 is 10.6 Å². The van der Waals surface area contributed by atoms with E-state index in [-0.39, 0.29) is 17.6 Å². The average molecular weight is 324 g/mol. The number of carbonyl (C=O) groups is 1. The highest BCUT2D eigenvalue weighted by molar-refractivity contribution is 5.75. The van der Waals surface area contributed by atoms with E-state index in [9.17, 15) is 4.79 Å². The van der Waals surface area contributed by atoms with Gasteiger partial charge in [-0.05, 0) is 51.0 Å². The number of benzene rings is 1. The van der Waals surface area contributed by atoms with Gasteiger partial charge in [-0.1, -0.05) is 12.1 Å². The second-order valence-corrected chi connectivity index (χ2v) is 7.08. The van der Waals surface area contributed by atoms with Gasteiger partial charge in [-0.2, -0.15) is 0 Å². The summed E-state index contributed by atoms with van der Waals surface area (Å²) in [6, 6.07) is 12.9. The van der Waals surface area contributed by atoms with Crippen molar-refractivity contribution in [2.24, 2.45) is 0 Å². The van der Waals surface area contributed by atoms with Crippen LogP contribution in [0.4, 0.5) is 10.5 Å². The quantitative estimate of drug-likeness (QED) is 0.845. The Bertz CT molecular complexity index is 756. The van der Waals surface area contributed by atoms with Crippen molar-refractivity contribution in [2.45, 2.75) is 38.3 Å². The van der Waals surface area contributed by atoms with Crippen LogP contribution in [0, 0.1) is 0 Å². The Kier molecular flexibility index (Phi) is 3.52. The Labute approximate surface area is 142 Å². The van der Waals surface area contributed by atoms with Crippen LogP contribution in [0.15, 0.2) is 42.6 Å². The van der Waals surface area contributed by atoms with Crippen LogP contribution in [0.3, 0.4) is 0 Å². The molecule has 2 N–H and O–H groups in total. The van der Waals surface area contributed by atoms with Crippen molar-refractivity contribution >= 4 is 11.7 Å². The third-order valence-corrected chi connectivity index (χ3v) is 5.09. The highest BCUT2D eigenvalue weighted by Gasteiger charge is 2.42. The van der Waals surface area contributed by atoms with Crippen LogP contribution in [-0.2, 0) is 5.54 Å². The molecule has 0 bridgehead atoms. The zero-order valence-electron chi connectivity index (χ0n) is 14.2. The number of nitrogens with one attached hydrogen (secondary N) is 2. The molecule has 2 aliphatic heterocycles. The fourth-order valence-electron chi connectivity index (χ4n) is 3.90. The number of fused-ring (bicyclic) bond motifs is 4. The molecule has 4 rings (SSSR count). The summed E-state index contributed by atoms with van der Waals surface area (Å²) in [5.74, 6) is 0. The van der Waals surface area contributed by atoms with Gasteiger partial charge in [0.25, 0.3) is 0 Å². The van der Waals surface area contributed by atoms with Crippen molar-refractivity contribution in [3.63, 3.8) is 0 Å². The fraction of sp³-hybridized carbons (Fsp3) is 0.421. The molecule has 1 saturated heterocycles. The first-order valence-corrected chi connectivity index (χ1v) is 8.70. The van der Waals surface area contributed by atoms with Gasteiger partial charge >= 0.3 is 6.03 Å². The number of aromatic nitrogens is 1. The lowest BCUT2D eigenvalue weighted by atomic mass is 9.82. The minimum Gasteiger partial charge on any atom is -0.372 e. The summed E-state index contributed by atoms with van der Waals surface area (Å²) in [6.45, 7) is 5.52. The van der Waals surface area contributed by atoms with Gasteiger partial charge in [-0.3, -0.25) is 0 Å². The third-order valence-electron chi connectivity index (χ3n) is 5.09. The van der Waals surface area contributed by atoms with E-state index in [1.807, 2.05) is 18.7 Å². The van der Waals surface area contributed by atoms with Crippen LogP contribution >= 0.6 is 0 Å². The van der Waals surface area contributed by atoms with Gasteiger partial charge < -0.3 is 20.1 Å². The first-order chi connectivity index (χ1) is 11.6. The number of nitrogens with zero attached hydrogens (tertiary/aromatic N) is 2. The Morgan fingerprint density at radius 2 is 1.92 bits per heavy atom. The maximum atomic E-state index is 12.3. The summed E-state index contributed by atoms with van der Waals surface area (Å²) in [7, 11) is 0. The smallest absolute Gasteiger partial charge is 0.317 e. The van der Waals surface area contributed by atoms with E-state index in [2.05, 4.69) is 57.8 Å². The van der Waals surface area contributed by atoms with Crippen molar-refractivity contribution in [3.8, 4) is 5.69 Å². The largest absolute Gasteiger partial charge is 0.372 e. The van der Waals surface area contributed by atoms with Crippen LogP contribution in [0.2, 0.25) is 0 Å². The van der Waals surface area contributed by atoms with Crippen molar-refractivity contribution in [2.75, 3.05) is 18.4 Å². The van der Waals surface area contributed by atoms with Gasteiger partial charge in [0.15, 0.2) is 0 Å². The van der Waals surface area contributed by atoms with Gasteiger partial charge in [-0.15, -0.1) is 0 Å². The molecule has 3 heterocycles. The number of carbonyl (C=O) groups excluding carboxylic acids is 1. The van der Waals surface area contributed by atoms with E-state index in [0.717, 1.165) is 25.9 Å². The molecule has 2 aromatic rings. The second-order valence-electron chi connectivity index (χ2n) is 7.08. The SMILES string of the molecule is CC(C)NC(=O)N1CCC2(CC1)Nc1ccccc1-n1cccc12. The van der Waals surface area contributed by atoms with Crippen LogP contribution in [0.5, 0.6) is 0 Å². The highest BCUT2D eigenvalue weighted by atomic mass is 16.2. The second kappa shape index (κ2) is 5.58. The van der Waals surface area contributed by atoms with Crippen LogP contribution in [0.25, 0.3) is 5.69 Å². The highest BCUT2D eigenvalue weighted by Crippen LogP contribution is 2.43. The molecule has 1 fully saturated rings. The molecule has 0 saturated carbocycles. The number of rotatable bonds is 1. The molecule has 0 unspecified atom stereocenters. The minimum absolute atomic E-state index is 0.0476. The maximum absolute atomic E-state index is 12.3. The van der Waals surface area contributed by atoms with E-state index in [4.69, 9.17) is 0 Å². The Morgan fingerprint density at radius 1 is 1.17 bits per heavy atom. The first kappa shape index (κ1) is 15.1. The van der Waals surface area contributed by atoms with E-state index < -0.39 is 0 Å². The molecule has 0 atom stereocenters. The molecule has 126 valence electrons. The Balaban J connectivity index is 1.59. The number of para-hydroxylation sites is 2. The molecular formula is C19H24N4O.